The van der Waals surface area contributed by atoms with Gasteiger partial charge in [0.2, 0.25) is 5.91 Å². The molecule has 1 amide bonds. The maximum absolute atomic E-state index is 11.7. The average Bonchev–Trinajstić information content (AvgIpc) is 2.83. The number of ether oxygens (including phenoxy) is 1. The van der Waals surface area contributed by atoms with Crippen LogP contribution < -0.4 is 5.32 Å². The molecule has 1 fully saturated rings. The second-order valence-corrected chi connectivity index (χ2v) is 4.51. The van der Waals surface area contributed by atoms with Crippen LogP contribution in [-0.2, 0) is 16.1 Å². The summed E-state index contributed by atoms with van der Waals surface area (Å²) in [5, 5.41) is 7.29. The standard InChI is InChI=1S/C11H16N2O2S/c14-11(13-2-4-15-5-3-13)8-12-7-10-1-6-16-9-10/h1,6,9,12H,2-5,7-8H2. The molecule has 2 heterocycles. The highest BCUT2D eigenvalue weighted by Gasteiger charge is 2.15. The Labute approximate surface area is 99.2 Å². The zero-order valence-corrected chi connectivity index (χ0v) is 9.96. The quantitative estimate of drug-likeness (QED) is 0.842. The molecule has 2 rings (SSSR count). The fourth-order valence-corrected chi connectivity index (χ4v) is 2.30. The largest absolute Gasteiger partial charge is 0.378 e. The van der Waals surface area contributed by atoms with Crippen LogP contribution >= 0.6 is 11.3 Å². The van der Waals surface area contributed by atoms with Gasteiger partial charge in [-0.2, -0.15) is 11.3 Å². The third-order valence-corrected chi connectivity index (χ3v) is 3.28. The second-order valence-electron chi connectivity index (χ2n) is 3.73. The number of rotatable bonds is 4. The van der Waals surface area contributed by atoms with E-state index < -0.39 is 0 Å². The predicted octanol–water partition coefficient (Wildman–Crippen LogP) is 0.697. The van der Waals surface area contributed by atoms with E-state index in [4.69, 9.17) is 4.74 Å². The maximum atomic E-state index is 11.7. The molecule has 5 heteroatoms. The van der Waals surface area contributed by atoms with Gasteiger partial charge in [-0.15, -0.1) is 0 Å². The highest BCUT2D eigenvalue weighted by Crippen LogP contribution is 2.04. The molecule has 0 unspecified atom stereocenters. The van der Waals surface area contributed by atoms with Gasteiger partial charge in [-0.05, 0) is 22.4 Å². The van der Waals surface area contributed by atoms with Crippen molar-refractivity contribution in [1.82, 2.24) is 10.2 Å². The fraction of sp³-hybridized carbons (Fsp3) is 0.545. The number of hydrogen-bond acceptors (Lipinski definition) is 4. The molecule has 88 valence electrons. The normalized spacial score (nSPS) is 16.4. The van der Waals surface area contributed by atoms with Gasteiger partial charge >= 0.3 is 0 Å². The fourth-order valence-electron chi connectivity index (χ4n) is 1.63. The minimum Gasteiger partial charge on any atom is -0.378 e. The van der Waals surface area contributed by atoms with Crippen LogP contribution in [0.5, 0.6) is 0 Å². The first kappa shape index (κ1) is 11.6. The maximum Gasteiger partial charge on any atom is 0.236 e. The smallest absolute Gasteiger partial charge is 0.236 e. The third-order valence-electron chi connectivity index (χ3n) is 2.55. The summed E-state index contributed by atoms with van der Waals surface area (Å²) in [6.45, 7) is 3.94. The number of nitrogens with zero attached hydrogens (tertiary/aromatic N) is 1. The van der Waals surface area contributed by atoms with E-state index in [9.17, 15) is 4.79 Å². The molecule has 0 saturated carbocycles. The average molecular weight is 240 g/mol. The molecule has 1 saturated heterocycles. The molecule has 16 heavy (non-hydrogen) atoms. The molecule has 1 aliphatic heterocycles. The Balaban J connectivity index is 1.67. The van der Waals surface area contributed by atoms with Crippen molar-refractivity contribution in [1.29, 1.82) is 0 Å². The molecule has 0 aliphatic carbocycles. The summed E-state index contributed by atoms with van der Waals surface area (Å²) in [5.74, 6) is 0.165. The van der Waals surface area contributed by atoms with Gasteiger partial charge in [0.25, 0.3) is 0 Å². The highest BCUT2D eigenvalue weighted by molar-refractivity contribution is 7.07. The number of carbonyl (C=O) groups excluding carboxylic acids is 1. The summed E-state index contributed by atoms with van der Waals surface area (Å²) in [6, 6.07) is 2.07. The van der Waals surface area contributed by atoms with Gasteiger partial charge in [0.15, 0.2) is 0 Å². The van der Waals surface area contributed by atoms with Crippen LogP contribution in [-0.4, -0.2) is 43.7 Å². The molecule has 1 aromatic heterocycles. The van der Waals surface area contributed by atoms with Gasteiger partial charge in [-0.25, -0.2) is 0 Å². The van der Waals surface area contributed by atoms with Gasteiger partial charge in [0, 0.05) is 19.6 Å². The van der Waals surface area contributed by atoms with E-state index in [-0.39, 0.29) is 5.91 Å². The van der Waals surface area contributed by atoms with Crippen molar-refractivity contribution in [2.75, 3.05) is 32.8 Å². The lowest BCUT2D eigenvalue weighted by Crippen LogP contribution is -2.44. The molecule has 1 aromatic rings. The van der Waals surface area contributed by atoms with Crippen LogP contribution in [0.15, 0.2) is 16.8 Å². The molecule has 1 N–H and O–H groups in total. The summed E-state index contributed by atoms with van der Waals surface area (Å²) in [6.07, 6.45) is 0. The monoisotopic (exact) mass is 240 g/mol. The Morgan fingerprint density at radius 3 is 3.00 bits per heavy atom. The van der Waals surface area contributed by atoms with Gasteiger partial charge < -0.3 is 15.0 Å². The Hall–Kier alpha value is -0.910. The second kappa shape index (κ2) is 5.98. The molecular formula is C11H16N2O2S. The van der Waals surface area contributed by atoms with E-state index in [0.717, 1.165) is 19.6 Å². The van der Waals surface area contributed by atoms with Crippen LogP contribution in [0.25, 0.3) is 0 Å². The summed E-state index contributed by atoms with van der Waals surface area (Å²) < 4.78 is 5.20. The van der Waals surface area contributed by atoms with Crippen molar-refractivity contribution >= 4 is 17.2 Å². The zero-order valence-electron chi connectivity index (χ0n) is 9.15. The molecule has 0 spiro atoms. The molecule has 0 atom stereocenters. The van der Waals surface area contributed by atoms with E-state index in [1.165, 1.54) is 5.56 Å². The number of hydrogen-bond donors (Lipinski definition) is 1. The van der Waals surface area contributed by atoms with Gasteiger partial charge in [0.05, 0.1) is 19.8 Å². The topological polar surface area (TPSA) is 41.6 Å². The molecular weight excluding hydrogens is 224 g/mol. The Bertz CT molecular complexity index is 321. The van der Waals surface area contributed by atoms with Crippen molar-refractivity contribution in [3.05, 3.63) is 22.4 Å². The van der Waals surface area contributed by atoms with Crippen molar-refractivity contribution in [2.24, 2.45) is 0 Å². The first-order chi connectivity index (χ1) is 7.86. The van der Waals surface area contributed by atoms with Crippen LogP contribution in [0, 0.1) is 0 Å². The Kier molecular flexibility index (Phi) is 4.33. The number of morpholine rings is 1. The van der Waals surface area contributed by atoms with E-state index in [0.29, 0.717) is 19.8 Å². The van der Waals surface area contributed by atoms with Crippen LogP contribution in [0.3, 0.4) is 0 Å². The molecule has 0 radical (unpaired) electrons. The van der Waals surface area contributed by atoms with Crippen molar-refractivity contribution in [3.63, 3.8) is 0 Å². The van der Waals surface area contributed by atoms with Crippen LogP contribution in [0.1, 0.15) is 5.56 Å². The first-order valence-electron chi connectivity index (χ1n) is 5.43. The number of thiophene rings is 1. The van der Waals surface area contributed by atoms with Crippen molar-refractivity contribution < 1.29 is 9.53 Å². The Morgan fingerprint density at radius 2 is 2.31 bits per heavy atom. The van der Waals surface area contributed by atoms with Crippen molar-refractivity contribution in [3.8, 4) is 0 Å². The lowest BCUT2D eigenvalue weighted by Gasteiger charge is -2.26. The summed E-state index contributed by atoms with van der Waals surface area (Å²) >= 11 is 1.67. The lowest BCUT2D eigenvalue weighted by molar-refractivity contribution is -0.134. The number of nitrogens with one attached hydrogen (secondary N) is 1. The molecule has 4 nitrogen and oxygen atoms in total. The lowest BCUT2D eigenvalue weighted by atomic mass is 10.3. The Morgan fingerprint density at radius 1 is 1.50 bits per heavy atom. The van der Waals surface area contributed by atoms with Gasteiger partial charge in [0.1, 0.15) is 0 Å². The highest BCUT2D eigenvalue weighted by atomic mass is 32.1. The summed E-state index contributed by atoms with van der Waals surface area (Å²) in [4.78, 5) is 13.6. The summed E-state index contributed by atoms with van der Waals surface area (Å²) in [7, 11) is 0. The van der Waals surface area contributed by atoms with Crippen LogP contribution in [0.4, 0.5) is 0 Å². The predicted molar refractivity (Wildman–Crippen MR) is 63.4 cm³/mol. The van der Waals surface area contributed by atoms with Crippen LogP contribution in [0.2, 0.25) is 0 Å². The molecule has 0 aromatic carbocycles. The van der Waals surface area contributed by atoms with Crippen molar-refractivity contribution in [2.45, 2.75) is 6.54 Å². The van der Waals surface area contributed by atoms with E-state index in [1.54, 1.807) is 11.3 Å². The molecule has 0 bridgehead atoms. The minimum absolute atomic E-state index is 0.165. The minimum atomic E-state index is 0.165. The third kappa shape index (κ3) is 3.30. The molecule has 1 aliphatic rings. The van der Waals surface area contributed by atoms with Gasteiger partial charge in [-0.3, -0.25) is 4.79 Å². The van der Waals surface area contributed by atoms with E-state index in [1.807, 2.05) is 10.3 Å². The number of carbonyl (C=O) groups is 1. The van der Waals surface area contributed by atoms with Gasteiger partial charge in [-0.1, -0.05) is 0 Å². The summed E-state index contributed by atoms with van der Waals surface area (Å²) in [5.41, 5.74) is 1.24. The zero-order chi connectivity index (χ0) is 11.2. The number of amides is 1. The van der Waals surface area contributed by atoms with E-state index >= 15 is 0 Å². The first-order valence-corrected chi connectivity index (χ1v) is 6.38. The van der Waals surface area contributed by atoms with E-state index in [2.05, 4.69) is 16.8 Å². The SMILES string of the molecule is O=C(CNCc1ccsc1)N1CCOCC1.